The van der Waals surface area contributed by atoms with Gasteiger partial charge < -0.3 is 9.90 Å². The fourth-order valence-corrected chi connectivity index (χ4v) is 1.33. The van der Waals surface area contributed by atoms with Gasteiger partial charge in [-0.1, -0.05) is 13.8 Å². The highest BCUT2D eigenvalue weighted by Crippen LogP contribution is 2.24. The van der Waals surface area contributed by atoms with E-state index in [9.17, 15) is 14.7 Å². The van der Waals surface area contributed by atoms with Crippen LogP contribution in [0.4, 0.5) is 0 Å². The van der Waals surface area contributed by atoms with E-state index in [2.05, 4.69) is 12.6 Å². The molecule has 0 radical (unpaired) electrons. The van der Waals surface area contributed by atoms with Crippen molar-refractivity contribution in [3.63, 3.8) is 0 Å². The van der Waals surface area contributed by atoms with E-state index in [0.717, 1.165) is 0 Å². The Morgan fingerprint density at radius 3 is 2.00 bits per heavy atom. The summed E-state index contributed by atoms with van der Waals surface area (Å²) in [6, 6.07) is 0. The Morgan fingerprint density at radius 1 is 1.50 bits per heavy atom. The van der Waals surface area contributed by atoms with Crippen molar-refractivity contribution < 1.29 is 14.7 Å². The van der Waals surface area contributed by atoms with Crippen LogP contribution in [-0.2, 0) is 9.59 Å². The molecule has 4 heteroatoms. The third-order valence-corrected chi connectivity index (χ3v) is 2.30. The number of thiol groups is 1. The SMILES string of the molecule is CC(=O)C(S)(CC(C)C)C(=O)[O-]. The molecule has 0 aromatic rings. The molecule has 1 atom stereocenters. The molecule has 0 amide bonds. The van der Waals surface area contributed by atoms with E-state index >= 15 is 0 Å². The molecule has 0 aliphatic rings. The first-order valence-electron chi connectivity index (χ1n) is 3.75. The summed E-state index contributed by atoms with van der Waals surface area (Å²) >= 11 is 3.84. The Balaban J connectivity index is 4.63. The number of hydrogen-bond acceptors (Lipinski definition) is 4. The Kier molecular flexibility index (Phi) is 3.77. The highest BCUT2D eigenvalue weighted by molar-refractivity contribution is 7.83. The Morgan fingerprint density at radius 2 is 1.92 bits per heavy atom. The van der Waals surface area contributed by atoms with Gasteiger partial charge in [-0.05, 0) is 19.3 Å². The number of ketones is 1. The third-order valence-electron chi connectivity index (χ3n) is 1.62. The molecular formula is C8H13O3S-. The second-order valence-corrected chi connectivity index (χ2v) is 4.07. The smallest absolute Gasteiger partial charge is 0.151 e. The first-order chi connectivity index (χ1) is 5.30. The summed E-state index contributed by atoms with van der Waals surface area (Å²) in [5.41, 5.74) is 0. The Hall–Kier alpha value is -0.510. The van der Waals surface area contributed by atoms with Gasteiger partial charge in [-0.3, -0.25) is 4.79 Å². The molecule has 0 aliphatic carbocycles. The first-order valence-corrected chi connectivity index (χ1v) is 4.20. The third kappa shape index (κ3) is 2.52. The number of hydrogen-bond donors (Lipinski definition) is 1. The summed E-state index contributed by atoms with van der Waals surface area (Å²) in [6.45, 7) is 4.87. The van der Waals surface area contributed by atoms with Crippen molar-refractivity contribution in [1.82, 2.24) is 0 Å². The molecule has 0 heterocycles. The summed E-state index contributed by atoms with van der Waals surface area (Å²) in [5.74, 6) is -1.78. The average Bonchev–Trinajstić information content (AvgIpc) is 1.84. The van der Waals surface area contributed by atoms with Crippen molar-refractivity contribution in [3.05, 3.63) is 0 Å². The quantitative estimate of drug-likeness (QED) is 0.502. The van der Waals surface area contributed by atoms with E-state index in [1.165, 1.54) is 6.92 Å². The predicted molar refractivity (Wildman–Crippen MR) is 46.9 cm³/mol. The van der Waals surface area contributed by atoms with Crippen LogP contribution in [0.5, 0.6) is 0 Å². The minimum absolute atomic E-state index is 0.101. The van der Waals surface area contributed by atoms with Gasteiger partial charge in [0.15, 0.2) is 5.78 Å². The molecule has 0 bridgehead atoms. The minimum Gasteiger partial charge on any atom is -0.548 e. The zero-order chi connectivity index (χ0) is 9.94. The topological polar surface area (TPSA) is 57.2 Å². The Bertz CT molecular complexity index is 184. The monoisotopic (exact) mass is 189 g/mol. The molecule has 1 unspecified atom stereocenters. The van der Waals surface area contributed by atoms with Gasteiger partial charge in [0.2, 0.25) is 0 Å². The molecule has 0 aromatic heterocycles. The van der Waals surface area contributed by atoms with Gasteiger partial charge in [-0.2, -0.15) is 12.6 Å². The molecule has 0 N–H and O–H groups in total. The fraction of sp³-hybridized carbons (Fsp3) is 0.750. The zero-order valence-corrected chi connectivity index (χ0v) is 8.35. The molecule has 0 spiro atoms. The summed E-state index contributed by atoms with van der Waals surface area (Å²) < 4.78 is -1.62. The molecule has 0 rings (SSSR count). The molecule has 12 heavy (non-hydrogen) atoms. The van der Waals surface area contributed by atoms with Crippen LogP contribution in [-0.4, -0.2) is 16.5 Å². The molecule has 0 saturated carbocycles. The lowest BCUT2D eigenvalue weighted by atomic mass is 9.93. The molecule has 0 aliphatic heterocycles. The number of carboxylic acids is 1. The number of carbonyl (C=O) groups excluding carboxylic acids is 2. The second kappa shape index (κ2) is 3.94. The van der Waals surface area contributed by atoms with Gasteiger partial charge in [0, 0.05) is 0 Å². The van der Waals surface area contributed by atoms with Crippen LogP contribution in [0.15, 0.2) is 0 Å². The standard InChI is InChI=1S/C8H14O3S/c1-5(2)4-8(12,6(3)9)7(10)11/h5,12H,4H2,1-3H3,(H,10,11)/p-1. The highest BCUT2D eigenvalue weighted by atomic mass is 32.1. The van der Waals surface area contributed by atoms with Crippen LogP contribution in [0.3, 0.4) is 0 Å². The minimum atomic E-state index is -1.62. The molecule has 0 fully saturated rings. The maximum absolute atomic E-state index is 10.9. The number of aliphatic carboxylic acids is 1. The van der Waals surface area contributed by atoms with Gasteiger partial charge in [0.25, 0.3) is 0 Å². The number of carboxylic acid groups (broad SMARTS) is 1. The van der Waals surface area contributed by atoms with Crippen LogP contribution in [0.25, 0.3) is 0 Å². The summed E-state index contributed by atoms with van der Waals surface area (Å²) in [7, 11) is 0. The van der Waals surface area contributed by atoms with E-state index in [4.69, 9.17) is 0 Å². The lowest BCUT2D eigenvalue weighted by Crippen LogP contribution is -2.49. The normalized spacial score (nSPS) is 15.8. The fourth-order valence-electron chi connectivity index (χ4n) is 0.962. The molecule has 3 nitrogen and oxygen atoms in total. The molecule has 0 saturated heterocycles. The number of rotatable bonds is 4. The summed E-state index contributed by atoms with van der Waals surface area (Å²) in [6.07, 6.45) is 0.202. The highest BCUT2D eigenvalue weighted by Gasteiger charge is 2.33. The lowest BCUT2D eigenvalue weighted by Gasteiger charge is -2.28. The van der Waals surface area contributed by atoms with Crippen molar-refractivity contribution >= 4 is 24.4 Å². The van der Waals surface area contributed by atoms with E-state index < -0.39 is 16.5 Å². The van der Waals surface area contributed by atoms with E-state index in [0.29, 0.717) is 0 Å². The van der Waals surface area contributed by atoms with Crippen molar-refractivity contribution in [1.29, 1.82) is 0 Å². The van der Waals surface area contributed by atoms with Crippen LogP contribution < -0.4 is 5.11 Å². The molecule has 70 valence electrons. The average molecular weight is 189 g/mol. The molecular weight excluding hydrogens is 176 g/mol. The van der Waals surface area contributed by atoms with Crippen molar-refractivity contribution in [2.75, 3.05) is 0 Å². The van der Waals surface area contributed by atoms with E-state index in [1.807, 2.05) is 13.8 Å². The lowest BCUT2D eigenvalue weighted by molar-refractivity contribution is -0.308. The number of Topliss-reactive ketones (excluding diaryl/α,β-unsaturated/α-hetero) is 1. The van der Waals surface area contributed by atoms with Gasteiger partial charge in [0.1, 0.15) is 4.75 Å². The van der Waals surface area contributed by atoms with Crippen molar-refractivity contribution in [2.45, 2.75) is 31.9 Å². The van der Waals surface area contributed by atoms with Gasteiger partial charge in [0.05, 0.1) is 5.97 Å². The van der Waals surface area contributed by atoms with Gasteiger partial charge in [-0.25, -0.2) is 0 Å². The van der Waals surface area contributed by atoms with Crippen LogP contribution in [0.1, 0.15) is 27.2 Å². The van der Waals surface area contributed by atoms with Crippen LogP contribution in [0, 0.1) is 5.92 Å². The largest absolute Gasteiger partial charge is 0.548 e. The predicted octanol–water partition coefficient (Wildman–Crippen LogP) is 0.0400. The first kappa shape index (κ1) is 11.5. The van der Waals surface area contributed by atoms with Crippen molar-refractivity contribution in [2.24, 2.45) is 5.92 Å². The van der Waals surface area contributed by atoms with Crippen LogP contribution >= 0.6 is 12.6 Å². The maximum atomic E-state index is 10.9. The van der Waals surface area contributed by atoms with E-state index in [1.54, 1.807) is 0 Å². The van der Waals surface area contributed by atoms with Gasteiger partial charge in [-0.15, -0.1) is 0 Å². The maximum Gasteiger partial charge on any atom is 0.151 e. The second-order valence-electron chi connectivity index (χ2n) is 3.30. The van der Waals surface area contributed by atoms with Crippen LogP contribution in [0.2, 0.25) is 0 Å². The zero-order valence-electron chi connectivity index (χ0n) is 7.46. The van der Waals surface area contributed by atoms with Gasteiger partial charge >= 0.3 is 0 Å². The summed E-state index contributed by atoms with van der Waals surface area (Å²) in [5, 5.41) is 10.6. The molecule has 0 aromatic carbocycles. The number of carbonyl (C=O) groups is 2. The Labute approximate surface area is 77.6 Å². The summed E-state index contributed by atoms with van der Waals surface area (Å²) in [4.78, 5) is 21.5. The van der Waals surface area contributed by atoms with Crippen molar-refractivity contribution in [3.8, 4) is 0 Å². The van der Waals surface area contributed by atoms with E-state index in [-0.39, 0.29) is 12.3 Å².